The predicted molar refractivity (Wildman–Crippen MR) is 90.0 cm³/mol. The highest BCUT2D eigenvalue weighted by Gasteiger charge is 2.31. The van der Waals surface area contributed by atoms with Crippen LogP contribution < -0.4 is 0 Å². The zero-order valence-electron chi connectivity index (χ0n) is 13.0. The van der Waals surface area contributed by atoms with Gasteiger partial charge in [-0.25, -0.2) is 8.42 Å². The normalized spacial score (nSPS) is 16.3. The lowest BCUT2D eigenvalue weighted by atomic mass is 10.3. The van der Waals surface area contributed by atoms with Gasteiger partial charge in [0.2, 0.25) is 15.8 Å². The Kier molecular flexibility index (Phi) is 4.75. The van der Waals surface area contributed by atoms with Gasteiger partial charge in [-0.1, -0.05) is 27.2 Å². The Morgan fingerprint density at radius 3 is 2.50 bits per heavy atom. The molecular formula is C15H16BrN3O4S. The molecule has 0 saturated carbocycles. The van der Waals surface area contributed by atoms with Gasteiger partial charge in [-0.2, -0.15) is 4.31 Å². The van der Waals surface area contributed by atoms with E-state index in [-0.39, 0.29) is 29.7 Å². The summed E-state index contributed by atoms with van der Waals surface area (Å²) in [7, 11) is -3.56. The third-order valence-electron chi connectivity index (χ3n) is 3.80. The van der Waals surface area contributed by atoms with E-state index >= 15 is 0 Å². The van der Waals surface area contributed by atoms with Crippen molar-refractivity contribution >= 4 is 31.9 Å². The number of piperazine rings is 1. The molecule has 0 radical (unpaired) electrons. The van der Waals surface area contributed by atoms with E-state index in [1.165, 1.54) is 4.31 Å². The summed E-state index contributed by atoms with van der Waals surface area (Å²) < 4.78 is 32.4. The number of carbonyl (C=O) groups excluding carboxylic acids is 1. The van der Waals surface area contributed by atoms with Crippen LogP contribution in [0, 0.1) is 6.92 Å². The van der Waals surface area contributed by atoms with Gasteiger partial charge in [0.15, 0.2) is 0 Å². The molecule has 2 aromatic rings. The number of nitrogens with zero attached hydrogens (tertiary/aromatic N) is 3. The summed E-state index contributed by atoms with van der Waals surface area (Å²) in [5, 5.41) is 3.70. The molecule has 1 aromatic heterocycles. The van der Waals surface area contributed by atoms with Crippen LogP contribution in [-0.2, 0) is 10.0 Å². The summed E-state index contributed by atoms with van der Waals surface area (Å²) >= 11 is 3.28. The summed E-state index contributed by atoms with van der Waals surface area (Å²) in [5.74, 6) is -0.0918. The third-order valence-corrected chi connectivity index (χ3v) is 6.19. The minimum Gasteiger partial charge on any atom is -0.351 e. The summed E-state index contributed by atoms with van der Waals surface area (Å²) in [4.78, 5) is 14.1. The fourth-order valence-electron chi connectivity index (χ4n) is 2.53. The highest BCUT2D eigenvalue weighted by Crippen LogP contribution is 2.21. The fraction of sp³-hybridized carbons (Fsp3) is 0.333. The van der Waals surface area contributed by atoms with E-state index in [0.717, 1.165) is 0 Å². The lowest BCUT2D eigenvalue weighted by molar-refractivity contribution is 0.0656. The summed E-state index contributed by atoms with van der Waals surface area (Å²) in [6, 6.07) is 8.17. The van der Waals surface area contributed by atoms with Gasteiger partial charge in [0, 0.05) is 36.7 Å². The van der Waals surface area contributed by atoms with Crippen LogP contribution in [-0.4, -0.2) is 54.9 Å². The van der Waals surface area contributed by atoms with Crippen molar-refractivity contribution in [3.63, 3.8) is 0 Å². The van der Waals surface area contributed by atoms with Crippen molar-refractivity contribution in [2.75, 3.05) is 26.2 Å². The second kappa shape index (κ2) is 6.66. The first-order valence-electron chi connectivity index (χ1n) is 7.36. The molecule has 24 heavy (non-hydrogen) atoms. The number of aromatic nitrogens is 1. The van der Waals surface area contributed by atoms with Crippen molar-refractivity contribution in [3.8, 4) is 0 Å². The van der Waals surface area contributed by atoms with Crippen LogP contribution in [0.5, 0.6) is 0 Å². The van der Waals surface area contributed by atoms with Crippen LogP contribution in [0.15, 0.2) is 44.2 Å². The van der Waals surface area contributed by atoms with Crippen LogP contribution in [0.2, 0.25) is 0 Å². The Bertz CT molecular complexity index is 857. The molecule has 3 rings (SSSR count). The molecule has 0 spiro atoms. The number of sulfonamides is 1. The van der Waals surface area contributed by atoms with Crippen molar-refractivity contribution in [1.29, 1.82) is 0 Å². The Labute approximate surface area is 148 Å². The number of amides is 1. The number of halogens is 1. The van der Waals surface area contributed by atoms with Gasteiger partial charge >= 0.3 is 0 Å². The average Bonchev–Trinajstić information content (AvgIpc) is 3.01. The highest BCUT2D eigenvalue weighted by atomic mass is 79.9. The molecule has 0 bridgehead atoms. The maximum absolute atomic E-state index is 12.7. The first kappa shape index (κ1) is 17.1. The van der Waals surface area contributed by atoms with Crippen molar-refractivity contribution in [1.82, 2.24) is 14.4 Å². The van der Waals surface area contributed by atoms with E-state index in [1.54, 1.807) is 42.2 Å². The number of carbonyl (C=O) groups is 1. The number of benzene rings is 1. The standard InChI is InChI=1S/C15H16BrN3O4S/c1-11-9-14(23-17-11)15(20)18-5-7-19(8-6-18)24(21,22)13-4-2-3-12(16)10-13/h2-4,9-10H,5-8H2,1H3. The third kappa shape index (κ3) is 3.38. The van der Waals surface area contributed by atoms with Gasteiger partial charge in [0.25, 0.3) is 5.91 Å². The number of hydrogen-bond donors (Lipinski definition) is 0. The number of hydrogen-bond acceptors (Lipinski definition) is 5. The highest BCUT2D eigenvalue weighted by molar-refractivity contribution is 9.10. The van der Waals surface area contributed by atoms with Crippen molar-refractivity contribution < 1.29 is 17.7 Å². The lowest BCUT2D eigenvalue weighted by Crippen LogP contribution is -2.50. The average molecular weight is 414 g/mol. The first-order chi connectivity index (χ1) is 11.4. The van der Waals surface area contributed by atoms with Gasteiger partial charge in [-0.3, -0.25) is 4.79 Å². The molecule has 1 aliphatic rings. The van der Waals surface area contributed by atoms with E-state index in [2.05, 4.69) is 21.1 Å². The summed E-state index contributed by atoms with van der Waals surface area (Å²) in [6.45, 7) is 2.85. The fourth-order valence-corrected chi connectivity index (χ4v) is 4.55. The van der Waals surface area contributed by atoms with Gasteiger partial charge in [-0.05, 0) is 25.1 Å². The van der Waals surface area contributed by atoms with Crippen LogP contribution in [0.4, 0.5) is 0 Å². The molecular weight excluding hydrogens is 398 g/mol. The van der Waals surface area contributed by atoms with Crippen molar-refractivity contribution in [2.24, 2.45) is 0 Å². The Morgan fingerprint density at radius 2 is 1.92 bits per heavy atom. The smallest absolute Gasteiger partial charge is 0.292 e. The molecule has 0 aliphatic carbocycles. The zero-order valence-corrected chi connectivity index (χ0v) is 15.4. The van der Waals surface area contributed by atoms with E-state index in [9.17, 15) is 13.2 Å². The van der Waals surface area contributed by atoms with Crippen LogP contribution in [0.3, 0.4) is 0 Å². The topological polar surface area (TPSA) is 83.7 Å². The maximum Gasteiger partial charge on any atom is 0.292 e. The first-order valence-corrected chi connectivity index (χ1v) is 9.59. The molecule has 0 N–H and O–H groups in total. The molecule has 1 saturated heterocycles. The molecule has 2 heterocycles. The monoisotopic (exact) mass is 413 g/mol. The summed E-state index contributed by atoms with van der Waals surface area (Å²) in [5.41, 5.74) is 0.634. The number of aryl methyl sites for hydroxylation is 1. The molecule has 0 unspecified atom stereocenters. The SMILES string of the molecule is Cc1cc(C(=O)N2CCN(S(=O)(=O)c3cccc(Br)c3)CC2)on1. The van der Waals surface area contributed by atoms with Crippen LogP contribution >= 0.6 is 15.9 Å². The van der Waals surface area contributed by atoms with E-state index < -0.39 is 10.0 Å². The van der Waals surface area contributed by atoms with E-state index in [1.807, 2.05) is 0 Å². The Hall–Kier alpha value is -1.71. The molecule has 1 amide bonds. The summed E-state index contributed by atoms with van der Waals surface area (Å²) in [6.07, 6.45) is 0. The molecule has 0 atom stereocenters. The minimum absolute atomic E-state index is 0.177. The molecule has 7 nitrogen and oxygen atoms in total. The maximum atomic E-state index is 12.7. The zero-order chi connectivity index (χ0) is 17.3. The Morgan fingerprint density at radius 1 is 1.21 bits per heavy atom. The molecule has 1 fully saturated rings. The lowest BCUT2D eigenvalue weighted by Gasteiger charge is -2.33. The second-order valence-electron chi connectivity index (χ2n) is 5.49. The van der Waals surface area contributed by atoms with Crippen LogP contribution in [0.25, 0.3) is 0 Å². The van der Waals surface area contributed by atoms with Gasteiger partial charge < -0.3 is 9.42 Å². The molecule has 1 aromatic carbocycles. The van der Waals surface area contributed by atoms with Gasteiger partial charge in [-0.15, -0.1) is 0 Å². The second-order valence-corrected chi connectivity index (χ2v) is 8.34. The van der Waals surface area contributed by atoms with E-state index in [0.29, 0.717) is 23.3 Å². The molecule has 128 valence electrons. The van der Waals surface area contributed by atoms with Crippen molar-refractivity contribution in [2.45, 2.75) is 11.8 Å². The Balaban J connectivity index is 1.69. The number of rotatable bonds is 3. The molecule has 9 heteroatoms. The predicted octanol–water partition coefficient (Wildman–Crippen LogP) is 1.89. The minimum atomic E-state index is -3.56. The van der Waals surface area contributed by atoms with Crippen molar-refractivity contribution in [3.05, 3.63) is 46.3 Å². The van der Waals surface area contributed by atoms with E-state index in [4.69, 9.17) is 4.52 Å². The largest absolute Gasteiger partial charge is 0.351 e. The van der Waals surface area contributed by atoms with Crippen LogP contribution in [0.1, 0.15) is 16.2 Å². The molecule has 1 aliphatic heterocycles. The van der Waals surface area contributed by atoms with Gasteiger partial charge in [0.1, 0.15) is 0 Å². The quantitative estimate of drug-likeness (QED) is 0.766. The van der Waals surface area contributed by atoms with Gasteiger partial charge in [0.05, 0.1) is 10.6 Å².